The Balaban J connectivity index is 1.76. The lowest BCUT2D eigenvalue weighted by molar-refractivity contribution is -0.134. The van der Waals surface area contributed by atoms with Crippen molar-refractivity contribution in [3.63, 3.8) is 0 Å². The smallest absolute Gasteiger partial charge is 0.254 e. The van der Waals surface area contributed by atoms with Gasteiger partial charge in [-0.3, -0.25) is 14.3 Å². The summed E-state index contributed by atoms with van der Waals surface area (Å²) in [5.41, 5.74) is 0.883. The zero-order valence-corrected chi connectivity index (χ0v) is 14.2. The molecule has 1 fully saturated rings. The van der Waals surface area contributed by atoms with E-state index < -0.39 is 0 Å². The summed E-state index contributed by atoms with van der Waals surface area (Å²) in [7, 11) is 0. The normalized spacial score (nSPS) is 17.9. The molecule has 7 heteroatoms. The lowest BCUT2D eigenvalue weighted by atomic mass is 10.0. The van der Waals surface area contributed by atoms with Gasteiger partial charge in [0, 0.05) is 30.2 Å². The Morgan fingerprint density at radius 1 is 1.38 bits per heavy atom. The molecule has 1 amide bonds. The number of nitrogens with one attached hydrogen (secondary N) is 1. The van der Waals surface area contributed by atoms with Crippen molar-refractivity contribution in [3.8, 4) is 0 Å². The van der Waals surface area contributed by atoms with Gasteiger partial charge in [-0.05, 0) is 39.2 Å². The molecule has 2 aromatic rings. The molecule has 2 aromatic heterocycles. The highest BCUT2D eigenvalue weighted by atomic mass is 16.2. The van der Waals surface area contributed by atoms with E-state index in [2.05, 4.69) is 15.1 Å². The van der Waals surface area contributed by atoms with Gasteiger partial charge in [0.15, 0.2) is 0 Å². The Morgan fingerprint density at radius 2 is 2.21 bits per heavy atom. The van der Waals surface area contributed by atoms with E-state index in [0.29, 0.717) is 23.6 Å². The SMILES string of the molecule is Cc1nc(C)c(CC(=O)N2CCCC[C@@H]2Cn2cccn2)c(=O)[nH]1. The van der Waals surface area contributed by atoms with Gasteiger partial charge in [0.1, 0.15) is 5.82 Å². The second-order valence-corrected chi connectivity index (χ2v) is 6.36. The number of hydrogen-bond acceptors (Lipinski definition) is 4. The van der Waals surface area contributed by atoms with E-state index in [0.717, 1.165) is 25.8 Å². The van der Waals surface area contributed by atoms with Gasteiger partial charge >= 0.3 is 0 Å². The molecule has 128 valence electrons. The van der Waals surface area contributed by atoms with Crippen molar-refractivity contribution in [1.29, 1.82) is 0 Å². The molecule has 0 radical (unpaired) electrons. The highest BCUT2D eigenvalue weighted by molar-refractivity contribution is 5.79. The van der Waals surface area contributed by atoms with Crippen molar-refractivity contribution in [3.05, 3.63) is 45.9 Å². The number of piperidine rings is 1. The van der Waals surface area contributed by atoms with E-state index in [1.165, 1.54) is 0 Å². The van der Waals surface area contributed by atoms with Crippen LogP contribution in [-0.2, 0) is 17.8 Å². The molecule has 3 rings (SSSR count). The fourth-order valence-electron chi connectivity index (χ4n) is 3.36. The number of aromatic amines is 1. The van der Waals surface area contributed by atoms with Crippen LogP contribution in [0.4, 0.5) is 0 Å². The summed E-state index contributed by atoms with van der Waals surface area (Å²) >= 11 is 0. The summed E-state index contributed by atoms with van der Waals surface area (Å²) in [6.07, 6.45) is 6.84. The van der Waals surface area contributed by atoms with E-state index in [1.54, 1.807) is 20.0 Å². The summed E-state index contributed by atoms with van der Waals surface area (Å²) in [4.78, 5) is 33.8. The van der Waals surface area contributed by atoms with Crippen molar-refractivity contribution in [2.24, 2.45) is 0 Å². The number of aromatic nitrogens is 4. The minimum absolute atomic E-state index is 0.00823. The van der Waals surface area contributed by atoms with E-state index in [1.807, 2.05) is 21.8 Å². The van der Waals surface area contributed by atoms with Gasteiger partial charge in [-0.25, -0.2) is 4.98 Å². The van der Waals surface area contributed by atoms with E-state index >= 15 is 0 Å². The molecule has 0 aliphatic carbocycles. The second-order valence-electron chi connectivity index (χ2n) is 6.36. The summed E-state index contributed by atoms with van der Waals surface area (Å²) in [6.45, 7) is 4.95. The van der Waals surface area contributed by atoms with Gasteiger partial charge in [-0.15, -0.1) is 0 Å². The van der Waals surface area contributed by atoms with Gasteiger partial charge in [0.25, 0.3) is 5.56 Å². The van der Waals surface area contributed by atoms with Gasteiger partial charge in [0.05, 0.1) is 19.0 Å². The van der Waals surface area contributed by atoms with E-state index in [9.17, 15) is 9.59 Å². The van der Waals surface area contributed by atoms with Gasteiger partial charge in [-0.1, -0.05) is 0 Å². The van der Waals surface area contributed by atoms with Crippen molar-refractivity contribution in [1.82, 2.24) is 24.6 Å². The molecular weight excluding hydrogens is 306 g/mol. The average Bonchev–Trinajstić information content (AvgIpc) is 3.04. The first-order valence-corrected chi connectivity index (χ1v) is 8.38. The number of hydrogen-bond donors (Lipinski definition) is 1. The zero-order chi connectivity index (χ0) is 17.1. The maximum Gasteiger partial charge on any atom is 0.254 e. The maximum absolute atomic E-state index is 12.8. The van der Waals surface area contributed by atoms with Gasteiger partial charge in [-0.2, -0.15) is 5.10 Å². The molecule has 0 saturated carbocycles. The van der Waals surface area contributed by atoms with Crippen molar-refractivity contribution in [2.75, 3.05) is 6.54 Å². The molecule has 0 aromatic carbocycles. The number of carbonyl (C=O) groups is 1. The predicted octanol–water partition coefficient (Wildman–Crippen LogP) is 1.21. The lowest BCUT2D eigenvalue weighted by Gasteiger charge is -2.36. The summed E-state index contributed by atoms with van der Waals surface area (Å²) < 4.78 is 1.86. The monoisotopic (exact) mass is 329 g/mol. The van der Waals surface area contributed by atoms with E-state index in [4.69, 9.17) is 0 Å². The van der Waals surface area contributed by atoms with Crippen LogP contribution in [0.5, 0.6) is 0 Å². The Bertz CT molecular complexity index is 766. The number of carbonyl (C=O) groups excluding carboxylic acids is 1. The molecule has 1 N–H and O–H groups in total. The van der Waals surface area contributed by atoms with Crippen LogP contribution >= 0.6 is 0 Å². The Hall–Kier alpha value is -2.44. The number of rotatable bonds is 4. The largest absolute Gasteiger partial charge is 0.338 e. The quantitative estimate of drug-likeness (QED) is 0.914. The first kappa shape index (κ1) is 16.4. The zero-order valence-electron chi connectivity index (χ0n) is 14.2. The molecule has 7 nitrogen and oxygen atoms in total. The van der Waals surface area contributed by atoms with Crippen LogP contribution in [0.2, 0.25) is 0 Å². The third-order valence-corrected chi connectivity index (χ3v) is 4.57. The number of H-pyrrole nitrogens is 1. The molecule has 1 aliphatic heterocycles. The topological polar surface area (TPSA) is 83.9 Å². The number of aryl methyl sites for hydroxylation is 2. The van der Waals surface area contributed by atoms with Crippen molar-refractivity contribution < 1.29 is 4.79 Å². The van der Waals surface area contributed by atoms with Crippen molar-refractivity contribution in [2.45, 2.75) is 52.1 Å². The molecule has 1 saturated heterocycles. The van der Waals surface area contributed by atoms with Crippen LogP contribution in [0.25, 0.3) is 0 Å². The number of likely N-dealkylation sites (tertiary alicyclic amines) is 1. The highest BCUT2D eigenvalue weighted by Gasteiger charge is 2.28. The molecule has 3 heterocycles. The van der Waals surface area contributed by atoms with Crippen LogP contribution in [0.3, 0.4) is 0 Å². The van der Waals surface area contributed by atoms with Gasteiger partial charge in [0.2, 0.25) is 5.91 Å². The fraction of sp³-hybridized carbons (Fsp3) is 0.529. The fourth-order valence-corrected chi connectivity index (χ4v) is 3.36. The lowest BCUT2D eigenvalue weighted by Crippen LogP contribution is -2.47. The average molecular weight is 329 g/mol. The van der Waals surface area contributed by atoms with E-state index in [-0.39, 0.29) is 23.9 Å². The molecule has 0 bridgehead atoms. The Labute approximate surface area is 140 Å². The van der Waals surface area contributed by atoms with Crippen LogP contribution < -0.4 is 5.56 Å². The molecule has 1 atom stereocenters. The van der Waals surface area contributed by atoms with Gasteiger partial charge < -0.3 is 9.88 Å². The first-order chi connectivity index (χ1) is 11.5. The summed E-state index contributed by atoms with van der Waals surface area (Å²) in [6, 6.07) is 2.01. The van der Waals surface area contributed by atoms with Crippen LogP contribution in [0, 0.1) is 13.8 Å². The predicted molar refractivity (Wildman–Crippen MR) is 89.6 cm³/mol. The minimum atomic E-state index is -0.214. The van der Waals surface area contributed by atoms with Crippen LogP contribution in [0.15, 0.2) is 23.3 Å². The standard InChI is InChI=1S/C17H23N5O2/c1-12-15(17(24)20-13(2)19-12)10-16(23)22-9-4-3-6-14(22)11-21-8-5-7-18-21/h5,7-8,14H,3-4,6,9-11H2,1-2H3,(H,19,20,24)/t14-/m1/s1. The van der Waals surface area contributed by atoms with Crippen LogP contribution in [-0.4, -0.2) is 43.1 Å². The second kappa shape index (κ2) is 6.98. The molecule has 0 unspecified atom stereocenters. The molecule has 1 aliphatic rings. The van der Waals surface area contributed by atoms with Crippen molar-refractivity contribution >= 4 is 5.91 Å². The number of nitrogens with zero attached hydrogens (tertiary/aromatic N) is 4. The van der Waals surface area contributed by atoms with Crippen LogP contribution in [0.1, 0.15) is 36.3 Å². The Kier molecular flexibility index (Phi) is 4.78. The first-order valence-electron chi connectivity index (χ1n) is 8.38. The maximum atomic E-state index is 12.8. The number of amides is 1. The summed E-state index contributed by atoms with van der Waals surface area (Å²) in [5, 5.41) is 4.24. The molecular formula is C17H23N5O2. The molecule has 24 heavy (non-hydrogen) atoms. The minimum Gasteiger partial charge on any atom is -0.338 e. The third-order valence-electron chi connectivity index (χ3n) is 4.57. The Morgan fingerprint density at radius 3 is 2.92 bits per heavy atom. The highest BCUT2D eigenvalue weighted by Crippen LogP contribution is 2.19. The third kappa shape index (κ3) is 3.55. The molecule has 0 spiro atoms. The summed E-state index contributed by atoms with van der Waals surface area (Å²) in [5.74, 6) is 0.564.